The number of benzene rings is 2. The average Bonchev–Trinajstić information content (AvgIpc) is 2.82. The van der Waals surface area contributed by atoms with Gasteiger partial charge in [0.25, 0.3) is 0 Å². The number of carbonyl (C=O) groups excluding carboxylic acids is 3. The maximum absolute atomic E-state index is 13.7. The van der Waals surface area contributed by atoms with E-state index in [2.05, 4.69) is 4.74 Å². The highest BCUT2D eigenvalue weighted by Gasteiger charge is 2.30. The van der Waals surface area contributed by atoms with Crippen LogP contribution in [-0.2, 0) is 19.2 Å². The molecule has 2 aromatic rings. The number of piperazine rings is 1. The molecule has 1 atom stereocenters. The number of Topliss-reactive ketones (excluding diaryl/α,β-unsaturated/α-hetero) is 2. The molecule has 1 amide bonds. The molecule has 1 aliphatic heterocycles. The summed E-state index contributed by atoms with van der Waals surface area (Å²) in [6, 6.07) is 8.91. The fourth-order valence-electron chi connectivity index (χ4n) is 3.78. The molecular weight excluding hydrogens is 488 g/mol. The summed E-state index contributed by atoms with van der Waals surface area (Å²) in [5.74, 6) is -13.3. The molecule has 36 heavy (non-hydrogen) atoms. The molecule has 0 radical (unpaired) electrons. The van der Waals surface area contributed by atoms with Crippen molar-refractivity contribution in [3.63, 3.8) is 0 Å². The zero-order valence-electron chi connectivity index (χ0n) is 18.9. The number of anilines is 1. The third kappa shape index (κ3) is 6.66. The number of nitrogens with zero attached hydrogens (tertiary/aromatic N) is 2. The van der Waals surface area contributed by atoms with Gasteiger partial charge in [-0.25, -0.2) is 8.78 Å². The summed E-state index contributed by atoms with van der Waals surface area (Å²) in [6.45, 7) is -0.725. The molecule has 1 fully saturated rings. The lowest BCUT2D eigenvalue weighted by atomic mass is 9.94. The van der Waals surface area contributed by atoms with E-state index in [4.69, 9.17) is 5.11 Å². The number of carbonyl (C=O) groups is 4. The van der Waals surface area contributed by atoms with Gasteiger partial charge >= 0.3 is 5.97 Å². The van der Waals surface area contributed by atoms with Crippen molar-refractivity contribution in [1.82, 2.24) is 4.90 Å². The Morgan fingerprint density at radius 3 is 2.19 bits per heavy atom. The Morgan fingerprint density at radius 1 is 0.972 bits per heavy atom. The van der Waals surface area contributed by atoms with Gasteiger partial charge in [-0.2, -0.15) is 8.78 Å². The van der Waals surface area contributed by atoms with Crippen LogP contribution in [0.4, 0.5) is 23.2 Å². The van der Waals surface area contributed by atoms with Crippen LogP contribution in [0, 0.1) is 29.2 Å². The van der Waals surface area contributed by atoms with Gasteiger partial charge < -0.3 is 14.7 Å². The molecule has 1 saturated heterocycles. The average molecular weight is 510 g/mol. The van der Waals surface area contributed by atoms with Crippen molar-refractivity contribution in [2.75, 3.05) is 37.7 Å². The first-order chi connectivity index (χ1) is 17.1. The normalized spacial score (nSPS) is 15.0. The Balaban J connectivity index is 1.58. The Bertz CT molecular complexity index is 1130. The quantitative estimate of drug-likeness (QED) is 0.366. The van der Waals surface area contributed by atoms with Crippen LogP contribution in [0.1, 0.15) is 12.8 Å². The minimum atomic E-state index is -1.85. The number of rotatable bonds is 11. The van der Waals surface area contributed by atoms with Crippen LogP contribution in [0.2, 0.25) is 0 Å². The Morgan fingerprint density at radius 2 is 1.61 bits per heavy atom. The zero-order valence-corrected chi connectivity index (χ0v) is 18.9. The molecule has 0 saturated carbocycles. The molecule has 2 aromatic carbocycles. The molecule has 12 heteroatoms. The van der Waals surface area contributed by atoms with E-state index in [0.29, 0.717) is 18.8 Å². The third-order valence-corrected chi connectivity index (χ3v) is 5.55. The van der Waals surface area contributed by atoms with Gasteiger partial charge in [0.2, 0.25) is 17.5 Å². The first-order valence-corrected chi connectivity index (χ1v) is 10.9. The van der Waals surface area contributed by atoms with E-state index in [1.54, 1.807) is 34.1 Å². The molecule has 1 N–H and O–H groups in total. The van der Waals surface area contributed by atoms with Crippen LogP contribution in [0.3, 0.4) is 0 Å². The minimum absolute atomic E-state index is 0.0321. The van der Waals surface area contributed by atoms with E-state index >= 15 is 0 Å². The predicted molar refractivity (Wildman–Crippen MR) is 117 cm³/mol. The second-order valence-electron chi connectivity index (χ2n) is 8.18. The maximum Gasteiger partial charge on any atom is 0.304 e. The molecule has 1 aliphatic rings. The highest BCUT2D eigenvalue weighted by atomic mass is 19.2. The van der Waals surface area contributed by atoms with Gasteiger partial charge in [0.1, 0.15) is 12.4 Å². The predicted octanol–water partition coefficient (Wildman–Crippen LogP) is 2.59. The number of carboxylic acid groups (broad SMARTS) is 1. The summed E-state index contributed by atoms with van der Waals surface area (Å²) in [7, 11) is 0. The minimum Gasteiger partial charge on any atom is -0.481 e. The number of aliphatic carboxylic acids is 1. The van der Waals surface area contributed by atoms with E-state index in [-0.39, 0.29) is 25.1 Å². The number of halogens is 4. The lowest BCUT2D eigenvalue weighted by Crippen LogP contribution is -2.51. The maximum atomic E-state index is 13.7. The third-order valence-electron chi connectivity index (χ3n) is 5.55. The summed E-state index contributed by atoms with van der Waals surface area (Å²) in [6.07, 6.45) is -1.32. The Kier molecular flexibility index (Phi) is 8.75. The van der Waals surface area contributed by atoms with Gasteiger partial charge in [-0.05, 0) is 12.1 Å². The van der Waals surface area contributed by atoms with E-state index < -0.39 is 71.9 Å². The van der Waals surface area contributed by atoms with Gasteiger partial charge in [-0.3, -0.25) is 24.1 Å². The van der Waals surface area contributed by atoms with Crippen LogP contribution < -0.4 is 9.64 Å². The fourth-order valence-corrected chi connectivity index (χ4v) is 3.78. The Hall–Kier alpha value is -3.80. The lowest BCUT2D eigenvalue weighted by molar-refractivity contribution is -0.141. The second-order valence-corrected chi connectivity index (χ2v) is 8.18. The molecule has 0 bridgehead atoms. The van der Waals surface area contributed by atoms with Crippen molar-refractivity contribution >= 4 is 29.1 Å². The molecule has 0 unspecified atom stereocenters. The number of ether oxygens (including phenoxy) is 1. The van der Waals surface area contributed by atoms with Crippen LogP contribution in [-0.4, -0.2) is 66.2 Å². The van der Waals surface area contributed by atoms with Crippen molar-refractivity contribution < 1.29 is 46.6 Å². The number of hydrogen-bond acceptors (Lipinski definition) is 6. The van der Waals surface area contributed by atoms with Gasteiger partial charge in [-0.15, -0.1) is 0 Å². The number of amides is 1. The van der Waals surface area contributed by atoms with E-state index in [1.807, 2.05) is 6.07 Å². The standard InChI is InChI=1S/C24H22F4N2O6/c25-17-10-18(26)23(28)24(22(17)27)36-13-19(32)14(9-21(34)35)8-16(31)11-29-6-7-30(20(33)12-29)15-4-2-1-3-5-15/h1-5,10,14H,6-9,11-13H2,(H,34,35)/t14-/m0/s1. The van der Waals surface area contributed by atoms with E-state index in [1.165, 1.54) is 0 Å². The topological polar surface area (TPSA) is 104 Å². The summed E-state index contributed by atoms with van der Waals surface area (Å²) < 4.78 is 58.7. The first-order valence-electron chi connectivity index (χ1n) is 10.9. The van der Waals surface area contributed by atoms with Crippen LogP contribution in [0.5, 0.6) is 5.75 Å². The zero-order chi connectivity index (χ0) is 26.4. The van der Waals surface area contributed by atoms with Gasteiger partial charge in [0.05, 0.1) is 19.5 Å². The van der Waals surface area contributed by atoms with Crippen LogP contribution in [0.15, 0.2) is 36.4 Å². The first kappa shape index (κ1) is 26.8. The van der Waals surface area contributed by atoms with E-state index in [9.17, 15) is 36.7 Å². The summed E-state index contributed by atoms with van der Waals surface area (Å²) in [5.41, 5.74) is 0.714. The number of hydrogen-bond donors (Lipinski definition) is 1. The molecule has 0 spiro atoms. The number of carboxylic acids is 1. The largest absolute Gasteiger partial charge is 0.481 e. The molecule has 1 heterocycles. The smallest absolute Gasteiger partial charge is 0.304 e. The van der Waals surface area contributed by atoms with Crippen molar-refractivity contribution in [2.45, 2.75) is 12.8 Å². The van der Waals surface area contributed by atoms with E-state index in [0.717, 1.165) is 0 Å². The van der Waals surface area contributed by atoms with Gasteiger partial charge in [0.15, 0.2) is 23.2 Å². The van der Waals surface area contributed by atoms with Gasteiger partial charge in [0, 0.05) is 37.2 Å². The van der Waals surface area contributed by atoms with Gasteiger partial charge in [-0.1, -0.05) is 18.2 Å². The Labute approximate surface area is 203 Å². The molecule has 0 aromatic heterocycles. The summed E-state index contributed by atoms with van der Waals surface area (Å²) in [5, 5.41) is 9.10. The highest BCUT2D eigenvalue weighted by molar-refractivity contribution is 5.96. The van der Waals surface area contributed by atoms with Crippen LogP contribution in [0.25, 0.3) is 0 Å². The number of ketones is 2. The molecule has 8 nitrogen and oxygen atoms in total. The van der Waals surface area contributed by atoms with Crippen molar-refractivity contribution in [3.05, 3.63) is 59.7 Å². The van der Waals surface area contributed by atoms with Crippen molar-refractivity contribution in [3.8, 4) is 5.75 Å². The SMILES string of the molecule is O=C(O)C[C@H](CC(=O)CN1CCN(c2ccccc2)C(=O)C1)C(=O)COc1c(F)c(F)cc(F)c1F. The summed E-state index contributed by atoms with van der Waals surface area (Å²) >= 11 is 0. The monoisotopic (exact) mass is 510 g/mol. The molecule has 192 valence electrons. The fraction of sp³-hybridized carbons (Fsp3) is 0.333. The van der Waals surface area contributed by atoms with Crippen molar-refractivity contribution in [2.24, 2.45) is 5.92 Å². The van der Waals surface area contributed by atoms with Crippen LogP contribution >= 0.6 is 0 Å². The highest BCUT2D eigenvalue weighted by Crippen LogP contribution is 2.27. The second kappa shape index (κ2) is 11.8. The molecule has 3 rings (SSSR count). The molecule has 0 aliphatic carbocycles. The number of para-hydroxylation sites is 1. The lowest BCUT2D eigenvalue weighted by Gasteiger charge is -2.34. The molecular formula is C24H22F4N2O6. The van der Waals surface area contributed by atoms with Crippen molar-refractivity contribution in [1.29, 1.82) is 0 Å². The summed E-state index contributed by atoms with van der Waals surface area (Å²) in [4.78, 5) is 51.9.